The molecule has 2 rings (SSSR count). The lowest BCUT2D eigenvalue weighted by Crippen LogP contribution is -2.29. The van der Waals surface area contributed by atoms with Gasteiger partial charge in [0, 0.05) is 7.11 Å². The summed E-state index contributed by atoms with van der Waals surface area (Å²) in [6.07, 6.45) is 11.1. The summed E-state index contributed by atoms with van der Waals surface area (Å²) >= 11 is 0. The largest absolute Gasteiger partial charge is 0.497 e. The van der Waals surface area contributed by atoms with Gasteiger partial charge in [-0.05, 0) is 37.5 Å². The van der Waals surface area contributed by atoms with Gasteiger partial charge < -0.3 is 24.1 Å². The highest BCUT2D eigenvalue weighted by Crippen LogP contribution is 2.19. The van der Waals surface area contributed by atoms with Gasteiger partial charge in [-0.1, -0.05) is 48.1 Å². The standard InChI is InChI=1S/C23H32O5/c1-18-13-15-27-21(16-18)11-12-22(26-3)23(6-4-5-14-24)28-17-19-7-9-20(25-2)10-8-19/h4-5,7-13,21-24H,6,14-17H2,1-3H3. The smallest absolute Gasteiger partial charge is 0.118 e. The van der Waals surface area contributed by atoms with Crippen LogP contribution in [0.2, 0.25) is 0 Å². The highest BCUT2D eigenvalue weighted by atomic mass is 16.5. The van der Waals surface area contributed by atoms with Gasteiger partial charge in [0.2, 0.25) is 0 Å². The summed E-state index contributed by atoms with van der Waals surface area (Å²) in [4.78, 5) is 0. The average molecular weight is 389 g/mol. The van der Waals surface area contributed by atoms with Crippen LogP contribution in [-0.4, -0.2) is 50.9 Å². The van der Waals surface area contributed by atoms with E-state index in [1.807, 2.05) is 36.4 Å². The molecule has 0 saturated carbocycles. The number of aliphatic hydroxyl groups is 1. The molecule has 3 atom stereocenters. The quantitative estimate of drug-likeness (QED) is 0.584. The Bertz CT molecular complexity index is 647. The molecule has 154 valence electrons. The summed E-state index contributed by atoms with van der Waals surface area (Å²) < 4.78 is 22.8. The van der Waals surface area contributed by atoms with Crippen molar-refractivity contribution in [2.75, 3.05) is 27.4 Å². The van der Waals surface area contributed by atoms with Crippen molar-refractivity contribution in [1.29, 1.82) is 0 Å². The average Bonchev–Trinajstić information content (AvgIpc) is 2.72. The van der Waals surface area contributed by atoms with Crippen molar-refractivity contribution in [1.82, 2.24) is 0 Å². The summed E-state index contributed by atoms with van der Waals surface area (Å²) in [5.74, 6) is 0.820. The molecule has 0 spiro atoms. The molecule has 0 aliphatic carbocycles. The number of hydrogen-bond acceptors (Lipinski definition) is 5. The Labute approximate surface area is 168 Å². The van der Waals surface area contributed by atoms with Crippen LogP contribution in [0.25, 0.3) is 0 Å². The van der Waals surface area contributed by atoms with Crippen LogP contribution in [0.3, 0.4) is 0 Å². The lowest BCUT2D eigenvalue weighted by atomic mass is 10.0. The Balaban J connectivity index is 2.00. The third-order valence-corrected chi connectivity index (χ3v) is 4.68. The third kappa shape index (κ3) is 7.60. The lowest BCUT2D eigenvalue weighted by Gasteiger charge is -2.25. The maximum atomic E-state index is 9.02. The second-order valence-corrected chi connectivity index (χ2v) is 6.80. The van der Waals surface area contributed by atoms with Crippen LogP contribution in [0.4, 0.5) is 0 Å². The van der Waals surface area contributed by atoms with Gasteiger partial charge in [-0.15, -0.1) is 0 Å². The van der Waals surface area contributed by atoms with Crippen LogP contribution >= 0.6 is 0 Å². The molecule has 0 fully saturated rings. The molecule has 1 aromatic rings. The predicted molar refractivity (Wildman–Crippen MR) is 110 cm³/mol. The molecule has 0 radical (unpaired) electrons. The SMILES string of the molecule is COc1ccc(COC(CC=CCO)C(C=CC2CC(C)=CCO2)OC)cc1. The van der Waals surface area contributed by atoms with Crippen molar-refractivity contribution in [3.63, 3.8) is 0 Å². The van der Waals surface area contributed by atoms with Gasteiger partial charge in [0.05, 0.1) is 39.1 Å². The molecule has 1 aliphatic heterocycles. The number of methoxy groups -OCH3 is 2. The highest BCUT2D eigenvalue weighted by Gasteiger charge is 2.20. The van der Waals surface area contributed by atoms with Crippen molar-refractivity contribution in [2.24, 2.45) is 0 Å². The lowest BCUT2D eigenvalue weighted by molar-refractivity contribution is -0.0420. The van der Waals surface area contributed by atoms with E-state index in [1.165, 1.54) is 5.57 Å². The first-order chi connectivity index (χ1) is 13.7. The van der Waals surface area contributed by atoms with E-state index in [0.717, 1.165) is 17.7 Å². The molecule has 3 unspecified atom stereocenters. The first kappa shape index (κ1) is 22.4. The Morgan fingerprint density at radius 3 is 2.64 bits per heavy atom. The van der Waals surface area contributed by atoms with Crippen molar-refractivity contribution >= 4 is 0 Å². The minimum atomic E-state index is -0.212. The zero-order valence-corrected chi connectivity index (χ0v) is 17.0. The topological polar surface area (TPSA) is 57.2 Å². The molecule has 0 amide bonds. The summed E-state index contributed by atoms with van der Waals surface area (Å²) in [7, 11) is 3.33. The maximum Gasteiger partial charge on any atom is 0.118 e. The number of ether oxygens (including phenoxy) is 4. The highest BCUT2D eigenvalue weighted by molar-refractivity contribution is 5.26. The molecule has 1 aromatic carbocycles. The third-order valence-electron chi connectivity index (χ3n) is 4.68. The van der Waals surface area contributed by atoms with Gasteiger partial charge in [0.15, 0.2) is 0 Å². The monoisotopic (exact) mass is 388 g/mol. The first-order valence-electron chi connectivity index (χ1n) is 9.65. The number of aliphatic hydroxyl groups excluding tert-OH is 1. The summed E-state index contributed by atoms with van der Waals surface area (Å²) in [5, 5.41) is 9.02. The molecule has 0 aromatic heterocycles. The molecular weight excluding hydrogens is 356 g/mol. The van der Waals surface area contributed by atoms with E-state index < -0.39 is 0 Å². The van der Waals surface area contributed by atoms with Crippen molar-refractivity contribution in [2.45, 2.75) is 44.7 Å². The van der Waals surface area contributed by atoms with Gasteiger partial charge >= 0.3 is 0 Å². The number of rotatable bonds is 11. The Hall–Kier alpha value is -1.92. The van der Waals surface area contributed by atoms with Gasteiger partial charge in [0.25, 0.3) is 0 Å². The summed E-state index contributed by atoms with van der Waals surface area (Å²) in [6, 6.07) is 7.82. The molecule has 1 N–H and O–H groups in total. The molecule has 1 heterocycles. The van der Waals surface area contributed by atoms with E-state index in [9.17, 15) is 0 Å². The minimum absolute atomic E-state index is 0.0141. The molecule has 1 aliphatic rings. The van der Waals surface area contributed by atoms with E-state index in [4.69, 9.17) is 24.1 Å². The van der Waals surface area contributed by atoms with E-state index in [-0.39, 0.29) is 24.9 Å². The van der Waals surface area contributed by atoms with Gasteiger partial charge in [-0.25, -0.2) is 0 Å². The Morgan fingerprint density at radius 2 is 2.00 bits per heavy atom. The number of hydrogen-bond donors (Lipinski definition) is 1. The Morgan fingerprint density at radius 1 is 1.21 bits per heavy atom. The van der Waals surface area contributed by atoms with Crippen LogP contribution in [0.15, 0.2) is 60.2 Å². The maximum absolute atomic E-state index is 9.02. The van der Waals surface area contributed by atoms with Crippen LogP contribution < -0.4 is 4.74 Å². The summed E-state index contributed by atoms with van der Waals surface area (Å²) in [6.45, 7) is 3.25. The van der Waals surface area contributed by atoms with Crippen LogP contribution in [0.1, 0.15) is 25.3 Å². The molecular formula is C23H32O5. The fourth-order valence-electron chi connectivity index (χ4n) is 3.01. The van der Waals surface area contributed by atoms with Crippen molar-refractivity contribution < 1.29 is 24.1 Å². The fourth-order valence-corrected chi connectivity index (χ4v) is 3.01. The zero-order valence-electron chi connectivity index (χ0n) is 17.0. The number of benzene rings is 1. The molecule has 5 heteroatoms. The fraction of sp³-hybridized carbons (Fsp3) is 0.478. The molecule has 0 bridgehead atoms. The molecule has 28 heavy (non-hydrogen) atoms. The second-order valence-electron chi connectivity index (χ2n) is 6.80. The van der Waals surface area contributed by atoms with Gasteiger partial charge in [0.1, 0.15) is 11.9 Å². The molecule has 5 nitrogen and oxygen atoms in total. The van der Waals surface area contributed by atoms with E-state index >= 15 is 0 Å². The Kier molecular flexibility index (Phi) is 10.0. The van der Waals surface area contributed by atoms with E-state index in [1.54, 1.807) is 20.3 Å². The predicted octanol–water partition coefficient (Wildman–Crippen LogP) is 3.83. The van der Waals surface area contributed by atoms with Crippen molar-refractivity contribution in [3.8, 4) is 5.75 Å². The van der Waals surface area contributed by atoms with E-state index in [0.29, 0.717) is 19.6 Å². The zero-order chi connectivity index (χ0) is 20.2. The van der Waals surface area contributed by atoms with Crippen LogP contribution in [0, 0.1) is 0 Å². The first-order valence-corrected chi connectivity index (χ1v) is 9.65. The van der Waals surface area contributed by atoms with E-state index in [2.05, 4.69) is 19.1 Å². The van der Waals surface area contributed by atoms with Gasteiger partial charge in [-0.3, -0.25) is 0 Å². The normalized spacial score (nSPS) is 19.7. The molecule has 0 saturated heterocycles. The van der Waals surface area contributed by atoms with Crippen LogP contribution in [0.5, 0.6) is 5.75 Å². The minimum Gasteiger partial charge on any atom is -0.497 e. The van der Waals surface area contributed by atoms with Crippen LogP contribution in [-0.2, 0) is 20.8 Å². The summed E-state index contributed by atoms with van der Waals surface area (Å²) in [5.41, 5.74) is 2.40. The van der Waals surface area contributed by atoms with Crippen molar-refractivity contribution in [3.05, 3.63) is 65.8 Å². The second kappa shape index (κ2) is 12.5. The van der Waals surface area contributed by atoms with Gasteiger partial charge in [-0.2, -0.15) is 0 Å².